The topological polar surface area (TPSA) is 38.8 Å². The zero-order valence-corrected chi connectivity index (χ0v) is 16.9. The van der Waals surface area contributed by atoms with E-state index in [9.17, 15) is 4.79 Å². The first-order chi connectivity index (χ1) is 12.5. The minimum Gasteiger partial charge on any atom is -0.493 e. The van der Waals surface area contributed by atoms with Gasteiger partial charge in [-0.25, -0.2) is 0 Å². The summed E-state index contributed by atoms with van der Waals surface area (Å²) < 4.78 is 12.1. The van der Waals surface area contributed by atoms with Crippen molar-refractivity contribution in [3.05, 3.63) is 40.3 Å². The van der Waals surface area contributed by atoms with E-state index < -0.39 is 0 Å². The molecule has 1 atom stereocenters. The number of thioether (sulfide) groups is 1. The first-order valence-corrected chi connectivity index (χ1v) is 10.1. The Balaban J connectivity index is 1.84. The van der Waals surface area contributed by atoms with Gasteiger partial charge in [0.05, 0.1) is 12.0 Å². The molecule has 0 aliphatic carbocycles. The number of thiocarbonyl (C=S) groups is 1. The van der Waals surface area contributed by atoms with Crippen LogP contribution in [0.2, 0.25) is 0 Å². The van der Waals surface area contributed by atoms with Crippen molar-refractivity contribution in [1.82, 2.24) is 4.90 Å². The van der Waals surface area contributed by atoms with Crippen molar-refractivity contribution >= 4 is 40.3 Å². The Hall–Kier alpha value is -1.79. The van der Waals surface area contributed by atoms with Crippen molar-refractivity contribution in [3.8, 4) is 11.5 Å². The van der Waals surface area contributed by atoms with Gasteiger partial charge in [0.1, 0.15) is 10.4 Å². The lowest BCUT2D eigenvalue weighted by molar-refractivity contribution is -0.122. The molecule has 0 saturated carbocycles. The highest BCUT2D eigenvalue weighted by molar-refractivity contribution is 8.26. The molecule has 1 aromatic rings. The largest absolute Gasteiger partial charge is 0.493 e. The maximum absolute atomic E-state index is 12.7. The second kappa shape index (κ2) is 8.27. The summed E-state index contributed by atoms with van der Waals surface area (Å²) in [6.07, 6.45) is 7.00. The minimum absolute atomic E-state index is 0.000595. The zero-order chi connectivity index (χ0) is 18.7. The van der Waals surface area contributed by atoms with Gasteiger partial charge in [0.15, 0.2) is 11.5 Å². The van der Waals surface area contributed by atoms with Crippen molar-refractivity contribution in [2.24, 2.45) is 0 Å². The third-order valence-electron chi connectivity index (χ3n) is 4.47. The van der Waals surface area contributed by atoms with Crippen molar-refractivity contribution in [2.45, 2.75) is 39.2 Å². The number of hydrogen-bond donors (Lipinski definition) is 0. The van der Waals surface area contributed by atoms with Crippen LogP contribution in [-0.2, 0) is 4.79 Å². The van der Waals surface area contributed by atoms with Gasteiger partial charge in [-0.15, -0.1) is 0 Å². The minimum atomic E-state index is -0.164. The molecular formula is C20H23NO3S2. The summed E-state index contributed by atoms with van der Waals surface area (Å²) in [4.78, 5) is 15.1. The molecule has 2 aliphatic heterocycles. The standard InChI is InChI=1S/C20H23NO3S2/c1-4-5-6-10-21-19(22)17(26-20(21)25)12-15-11-14-8-7-9-16(23-3)18(14)24-13(15)2/h7-9,11-13H,4-6,10H2,1-3H3. The average Bonchev–Trinajstić information content (AvgIpc) is 2.89. The molecule has 138 valence electrons. The van der Waals surface area contributed by atoms with Gasteiger partial charge in [0.25, 0.3) is 5.91 Å². The van der Waals surface area contributed by atoms with Gasteiger partial charge < -0.3 is 9.47 Å². The second-order valence-electron chi connectivity index (χ2n) is 6.32. The third kappa shape index (κ3) is 3.81. The third-order valence-corrected chi connectivity index (χ3v) is 5.85. The molecule has 4 nitrogen and oxygen atoms in total. The Morgan fingerprint density at radius 1 is 1.38 bits per heavy atom. The SMILES string of the molecule is CCCCCN1C(=O)C(=CC2=Cc3cccc(OC)c3OC2C)SC1=S. The second-order valence-corrected chi connectivity index (χ2v) is 8.00. The lowest BCUT2D eigenvalue weighted by Crippen LogP contribution is -2.29. The number of amides is 1. The Kier molecular flexibility index (Phi) is 6.04. The lowest BCUT2D eigenvalue weighted by Gasteiger charge is -2.24. The molecule has 26 heavy (non-hydrogen) atoms. The van der Waals surface area contributed by atoms with Gasteiger partial charge >= 0.3 is 0 Å². The van der Waals surface area contributed by atoms with Crippen LogP contribution < -0.4 is 9.47 Å². The van der Waals surface area contributed by atoms with Crippen LogP contribution in [0.4, 0.5) is 0 Å². The van der Waals surface area contributed by atoms with E-state index in [4.69, 9.17) is 21.7 Å². The highest BCUT2D eigenvalue weighted by atomic mass is 32.2. The summed E-state index contributed by atoms with van der Waals surface area (Å²) in [5.74, 6) is 1.46. The predicted molar refractivity (Wildman–Crippen MR) is 111 cm³/mol. The van der Waals surface area contributed by atoms with E-state index in [1.54, 1.807) is 12.0 Å². The van der Waals surface area contributed by atoms with Crippen LogP contribution in [0.1, 0.15) is 38.7 Å². The van der Waals surface area contributed by atoms with Crippen LogP contribution in [-0.4, -0.2) is 34.9 Å². The zero-order valence-electron chi connectivity index (χ0n) is 15.3. The molecule has 3 rings (SSSR count). The first kappa shape index (κ1) is 19.0. The van der Waals surface area contributed by atoms with Gasteiger partial charge in [-0.3, -0.25) is 9.69 Å². The van der Waals surface area contributed by atoms with E-state index >= 15 is 0 Å². The van der Waals surface area contributed by atoms with Crippen molar-refractivity contribution in [3.63, 3.8) is 0 Å². The summed E-state index contributed by atoms with van der Waals surface area (Å²) >= 11 is 6.77. The van der Waals surface area contributed by atoms with E-state index in [0.717, 1.165) is 36.1 Å². The number of hydrogen-bond acceptors (Lipinski definition) is 5. The number of unbranched alkanes of at least 4 members (excludes halogenated alkanes) is 2. The number of rotatable bonds is 6. The average molecular weight is 390 g/mol. The molecule has 0 N–H and O–H groups in total. The van der Waals surface area contributed by atoms with Crippen molar-refractivity contribution < 1.29 is 14.3 Å². The van der Waals surface area contributed by atoms with Gasteiger partial charge in [0.2, 0.25) is 0 Å². The summed E-state index contributed by atoms with van der Waals surface area (Å²) in [7, 11) is 1.63. The fourth-order valence-corrected chi connectivity index (χ4v) is 4.31. The first-order valence-electron chi connectivity index (χ1n) is 8.85. The predicted octanol–water partition coefficient (Wildman–Crippen LogP) is 4.79. The Labute approximate surface area is 164 Å². The molecule has 0 bridgehead atoms. The van der Waals surface area contributed by atoms with E-state index in [1.165, 1.54) is 11.8 Å². The molecule has 0 spiro atoms. The summed E-state index contributed by atoms with van der Waals surface area (Å²) in [6.45, 7) is 4.81. The van der Waals surface area contributed by atoms with Crippen molar-refractivity contribution in [1.29, 1.82) is 0 Å². The molecule has 6 heteroatoms. The molecule has 1 saturated heterocycles. The normalized spacial score (nSPS) is 20.9. The summed E-state index contributed by atoms with van der Waals surface area (Å²) in [5, 5.41) is 0. The number of benzene rings is 1. The smallest absolute Gasteiger partial charge is 0.266 e. The maximum Gasteiger partial charge on any atom is 0.266 e. The van der Waals surface area contributed by atoms with Gasteiger partial charge in [-0.2, -0.15) is 0 Å². The van der Waals surface area contributed by atoms with Crippen molar-refractivity contribution in [2.75, 3.05) is 13.7 Å². The molecule has 1 unspecified atom stereocenters. The van der Waals surface area contributed by atoms with Crippen LogP contribution in [0.5, 0.6) is 11.5 Å². The monoisotopic (exact) mass is 389 g/mol. The van der Waals surface area contributed by atoms with Crippen LogP contribution in [0.15, 0.2) is 34.8 Å². The number of ether oxygens (including phenoxy) is 2. The molecule has 1 fully saturated rings. The number of fused-ring (bicyclic) bond motifs is 1. The molecule has 1 aromatic carbocycles. The number of carbonyl (C=O) groups excluding carboxylic acids is 1. The van der Waals surface area contributed by atoms with Gasteiger partial charge in [0, 0.05) is 12.1 Å². The van der Waals surface area contributed by atoms with E-state index in [0.29, 0.717) is 21.5 Å². The van der Waals surface area contributed by atoms with Crippen LogP contribution in [0, 0.1) is 0 Å². The summed E-state index contributed by atoms with van der Waals surface area (Å²) in [6, 6.07) is 5.79. The molecule has 0 aromatic heterocycles. The molecule has 2 heterocycles. The maximum atomic E-state index is 12.7. The highest BCUT2D eigenvalue weighted by Crippen LogP contribution is 2.39. The number of nitrogens with zero attached hydrogens (tertiary/aromatic N) is 1. The fraction of sp³-hybridized carbons (Fsp3) is 0.400. The lowest BCUT2D eigenvalue weighted by atomic mass is 10.0. The number of methoxy groups -OCH3 is 1. The Bertz CT molecular complexity index is 785. The number of carbonyl (C=O) groups is 1. The number of para-hydroxylation sites is 1. The Morgan fingerprint density at radius 2 is 2.19 bits per heavy atom. The van der Waals surface area contributed by atoms with E-state index in [1.807, 2.05) is 31.2 Å². The van der Waals surface area contributed by atoms with Gasteiger partial charge in [-0.05, 0) is 37.1 Å². The summed E-state index contributed by atoms with van der Waals surface area (Å²) in [5.41, 5.74) is 1.91. The van der Waals surface area contributed by atoms with E-state index in [2.05, 4.69) is 13.0 Å². The van der Waals surface area contributed by atoms with Crippen LogP contribution >= 0.6 is 24.0 Å². The van der Waals surface area contributed by atoms with Crippen LogP contribution in [0.3, 0.4) is 0 Å². The molecular weight excluding hydrogens is 366 g/mol. The highest BCUT2D eigenvalue weighted by Gasteiger charge is 2.32. The van der Waals surface area contributed by atoms with E-state index in [-0.39, 0.29) is 12.0 Å². The molecule has 0 radical (unpaired) electrons. The molecule has 1 amide bonds. The fourth-order valence-electron chi connectivity index (χ4n) is 3.00. The Morgan fingerprint density at radius 3 is 2.92 bits per heavy atom. The quantitative estimate of drug-likeness (QED) is 0.397. The van der Waals surface area contributed by atoms with Crippen LogP contribution in [0.25, 0.3) is 6.08 Å². The molecule has 2 aliphatic rings. The van der Waals surface area contributed by atoms with Gasteiger partial charge in [-0.1, -0.05) is 55.9 Å².